The third kappa shape index (κ3) is 40.0. The molecule has 0 aliphatic rings. The maximum absolute atomic E-state index is 12.7. The number of carbonyl (C=O) groups is 3. The van der Waals surface area contributed by atoms with Crippen molar-refractivity contribution >= 4 is 17.9 Å². The second-order valence-electron chi connectivity index (χ2n) is 16.7. The van der Waals surface area contributed by atoms with E-state index in [1.54, 1.807) is 21.1 Å². The number of esters is 2. The van der Waals surface area contributed by atoms with Gasteiger partial charge in [-0.05, 0) is 70.6 Å². The van der Waals surface area contributed by atoms with Crippen LogP contribution in [0.3, 0.4) is 0 Å². The van der Waals surface area contributed by atoms with Crippen LogP contribution in [0.4, 0.5) is 0 Å². The zero-order valence-corrected chi connectivity index (χ0v) is 38.4. The summed E-state index contributed by atoms with van der Waals surface area (Å²) in [5.41, 5.74) is 0. The molecule has 0 bridgehead atoms. The largest absolute Gasteiger partial charge is 0.544 e. The Balaban J connectivity index is 4.39. The van der Waals surface area contributed by atoms with Crippen molar-refractivity contribution in [1.82, 2.24) is 0 Å². The first kappa shape index (κ1) is 55.8. The van der Waals surface area contributed by atoms with Crippen LogP contribution in [0.5, 0.6) is 0 Å². The number of carboxylic acid groups (broad SMARTS) is 1. The van der Waals surface area contributed by atoms with Gasteiger partial charge in [0.15, 0.2) is 6.10 Å². The first-order chi connectivity index (χ1) is 28.6. The molecule has 0 rings (SSSR count). The summed E-state index contributed by atoms with van der Waals surface area (Å²) < 4.78 is 17.2. The van der Waals surface area contributed by atoms with Crippen molar-refractivity contribution in [2.24, 2.45) is 0 Å². The van der Waals surface area contributed by atoms with Gasteiger partial charge in [0, 0.05) is 19.3 Å². The lowest BCUT2D eigenvalue weighted by molar-refractivity contribution is -0.889. The van der Waals surface area contributed by atoms with E-state index in [0.29, 0.717) is 12.8 Å². The quantitative estimate of drug-likeness (QED) is 0.0199. The van der Waals surface area contributed by atoms with Gasteiger partial charge in [-0.2, -0.15) is 0 Å². The zero-order valence-electron chi connectivity index (χ0n) is 38.4. The molecule has 8 heteroatoms. The minimum absolute atomic E-state index is 0.0261. The molecule has 59 heavy (non-hydrogen) atoms. The van der Waals surface area contributed by atoms with Crippen molar-refractivity contribution in [1.29, 1.82) is 0 Å². The van der Waals surface area contributed by atoms with E-state index in [4.69, 9.17) is 14.2 Å². The number of carbonyl (C=O) groups excluding carboxylic acids is 3. The Bertz CT molecular complexity index is 1190. The van der Waals surface area contributed by atoms with Crippen LogP contribution < -0.4 is 5.11 Å². The number of unbranched alkanes of at least 4 members (excludes halogenated alkanes) is 18. The van der Waals surface area contributed by atoms with Gasteiger partial charge in [0.05, 0.1) is 40.3 Å². The predicted molar refractivity (Wildman–Crippen MR) is 245 cm³/mol. The average molecular weight is 826 g/mol. The molecule has 0 radical (unpaired) electrons. The van der Waals surface area contributed by atoms with Gasteiger partial charge in [0.1, 0.15) is 12.6 Å². The van der Waals surface area contributed by atoms with Gasteiger partial charge in [-0.25, -0.2) is 0 Å². The number of likely N-dealkylation sites (N-methyl/N-ethyl adjacent to an activating group) is 1. The summed E-state index contributed by atoms with van der Waals surface area (Å²) in [7, 11) is 5.39. The molecule has 0 heterocycles. The van der Waals surface area contributed by atoms with Gasteiger partial charge in [-0.1, -0.05) is 164 Å². The number of ether oxygens (including phenoxy) is 3. The molecule has 8 nitrogen and oxygen atoms in total. The summed E-state index contributed by atoms with van der Waals surface area (Å²) in [4.78, 5) is 36.9. The highest BCUT2D eigenvalue weighted by atomic mass is 16.6. The highest BCUT2D eigenvalue weighted by Crippen LogP contribution is 2.13. The van der Waals surface area contributed by atoms with Crippen LogP contribution in [0.15, 0.2) is 72.9 Å². The third-order valence-electron chi connectivity index (χ3n) is 10.2. The monoisotopic (exact) mass is 826 g/mol. The van der Waals surface area contributed by atoms with E-state index in [-0.39, 0.29) is 42.7 Å². The molecule has 0 aromatic carbocycles. The average Bonchev–Trinajstić information content (AvgIpc) is 3.19. The molecular formula is C51H87NO7. The minimum Gasteiger partial charge on any atom is -0.544 e. The Hall–Kier alpha value is -3.23. The van der Waals surface area contributed by atoms with Gasteiger partial charge in [0.25, 0.3) is 0 Å². The van der Waals surface area contributed by atoms with E-state index in [1.807, 2.05) is 6.08 Å². The number of rotatable bonds is 41. The van der Waals surface area contributed by atoms with Crippen LogP contribution in [0.25, 0.3) is 0 Å². The van der Waals surface area contributed by atoms with Gasteiger partial charge < -0.3 is 28.6 Å². The maximum Gasteiger partial charge on any atom is 0.306 e. The van der Waals surface area contributed by atoms with Crippen molar-refractivity contribution in [3.63, 3.8) is 0 Å². The smallest absolute Gasteiger partial charge is 0.306 e. The summed E-state index contributed by atoms with van der Waals surface area (Å²) in [6.45, 7) is 4.56. The number of nitrogens with zero attached hydrogens (tertiary/aromatic N) is 1. The molecule has 338 valence electrons. The van der Waals surface area contributed by atoms with E-state index in [2.05, 4.69) is 80.7 Å². The first-order valence-corrected chi connectivity index (χ1v) is 23.5. The summed E-state index contributed by atoms with van der Waals surface area (Å²) in [5, 5.41) is 11.6. The summed E-state index contributed by atoms with van der Waals surface area (Å²) >= 11 is 0. The van der Waals surface area contributed by atoms with Crippen LogP contribution in [0.2, 0.25) is 0 Å². The lowest BCUT2D eigenvalue weighted by Crippen LogP contribution is -2.55. The topological polar surface area (TPSA) is 102 Å². The van der Waals surface area contributed by atoms with Crippen LogP contribution >= 0.6 is 0 Å². The number of carboxylic acids is 1. The summed E-state index contributed by atoms with van der Waals surface area (Å²) in [5.74, 6) is -1.78. The fraction of sp³-hybridized carbons (Fsp3) is 0.706. The number of quaternary nitrogens is 1. The van der Waals surface area contributed by atoms with Gasteiger partial charge >= 0.3 is 11.9 Å². The Morgan fingerprint density at radius 2 is 0.966 bits per heavy atom. The zero-order chi connectivity index (χ0) is 43.5. The molecule has 0 amide bonds. The normalized spacial score (nSPS) is 13.6. The Kier molecular flexibility index (Phi) is 39.2. The van der Waals surface area contributed by atoms with Crippen LogP contribution in [0.1, 0.15) is 181 Å². The lowest BCUT2D eigenvalue weighted by atomic mass is 10.1. The number of allylic oxidation sites excluding steroid dienone is 12. The standard InChI is InChI=1S/C51H87NO7/c1-6-8-10-12-14-16-18-20-22-24-26-27-29-31-33-35-37-39-41-49(53)58-46-47(45-57-44-43-48(51(55)56)52(3,4)5)59-50(54)42-40-38-36-34-32-30-28-25-23-21-19-17-15-13-11-9-7-2/h14-18,20-24,26-27,47-48H,6-13,19,25,28-46H2,1-5H3/b16-14+,17-15+,20-18+,23-21+,24-22+,27-26+. The van der Waals surface area contributed by atoms with E-state index in [0.717, 1.165) is 83.5 Å². The molecule has 0 aromatic heterocycles. The molecule has 0 aliphatic carbocycles. The fourth-order valence-corrected chi connectivity index (χ4v) is 6.46. The SMILES string of the molecule is CCCCC/C=C/C=C/C=C/C=C/CCCCCCCC(=O)OCC(COCCC(C(=O)[O-])[N+](C)(C)C)OC(=O)CCCCCCCCC/C=C/C/C=C/CCCCC. The highest BCUT2D eigenvalue weighted by molar-refractivity contribution is 5.70. The Morgan fingerprint density at radius 3 is 1.46 bits per heavy atom. The number of aliphatic carboxylic acids is 1. The predicted octanol–water partition coefficient (Wildman–Crippen LogP) is 11.8. The molecular weight excluding hydrogens is 739 g/mol. The molecule has 0 aromatic rings. The summed E-state index contributed by atoms with van der Waals surface area (Å²) in [6, 6.07) is -0.735. The minimum atomic E-state index is -1.13. The Labute approximate surface area is 361 Å². The van der Waals surface area contributed by atoms with Crippen molar-refractivity contribution in [3.05, 3.63) is 72.9 Å². The van der Waals surface area contributed by atoms with Crippen LogP contribution in [0, 0.1) is 0 Å². The van der Waals surface area contributed by atoms with Crippen molar-refractivity contribution in [2.45, 2.75) is 193 Å². The van der Waals surface area contributed by atoms with E-state index in [1.165, 1.54) is 64.2 Å². The molecule has 0 N–H and O–H groups in total. The van der Waals surface area contributed by atoms with Gasteiger partial charge in [-0.3, -0.25) is 9.59 Å². The molecule has 0 aliphatic heterocycles. The number of hydrogen-bond donors (Lipinski definition) is 0. The maximum atomic E-state index is 12.7. The molecule has 2 unspecified atom stereocenters. The molecule has 0 saturated heterocycles. The van der Waals surface area contributed by atoms with E-state index < -0.39 is 18.1 Å². The van der Waals surface area contributed by atoms with Crippen LogP contribution in [-0.4, -0.2) is 75.5 Å². The third-order valence-corrected chi connectivity index (χ3v) is 10.2. The van der Waals surface area contributed by atoms with E-state index >= 15 is 0 Å². The molecule has 0 spiro atoms. The lowest BCUT2D eigenvalue weighted by Gasteiger charge is -2.34. The van der Waals surface area contributed by atoms with Gasteiger partial charge in [-0.15, -0.1) is 0 Å². The molecule has 2 atom stereocenters. The van der Waals surface area contributed by atoms with Crippen molar-refractivity contribution < 1.29 is 38.2 Å². The van der Waals surface area contributed by atoms with E-state index in [9.17, 15) is 19.5 Å². The van der Waals surface area contributed by atoms with Crippen molar-refractivity contribution in [3.8, 4) is 0 Å². The highest BCUT2D eigenvalue weighted by Gasteiger charge is 2.25. The van der Waals surface area contributed by atoms with Crippen LogP contribution in [-0.2, 0) is 28.6 Å². The molecule has 0 fully saturated rings. The molecule has 0 saturated carbocycles. The number of hydrogen-bond acceptors (Lipinski definition) is 7. The Morgan fingerprint density at radius 1 is 0.525 bits per heavy atom. The second kappa shape index (κ2) is 41.5. The fourth-order valence-electron chi connectivity index (χ4n) is 6.46. The van der Waals surface area contributed by atoms with Crippen molar-refractivity contribution in [2.75, 3.05) is 41.0 Å². The van der Waals surface area contributed by atoms with Gasteiger partial charge in [0.2, 0.25) is 0 Å². The second-order valence-corrected chi connectivity index (χ2v) is 16.7. The first-order valence-electron chi connectivity index (χ1n) is 23.5. The summed E-state index contributed by atoms with van der Waals surface area (Å²) in [6.07, 6.45) is 52.0.